The molecule has 1 heterocycles. The number of aliphatic hydroxyl groups is 1. The molecule has 1 aliphatic carbocycles. The SMILES string of the molecule is CN1CC(NO)(C(=O)O)C(OCc2ccc(Cl)c(Cl)c2)C1(C(=O)O)C1(C(N)=O)c2ccccc2CC1O. The first-order valence-electron chi connectivity index (χ1n) is 11.1. The van der Waals surface area contributed by atoms with Crippen molar-refractivity contribution in [2.24, 2.45) is 5.73 Å². The van der Waals surface area contributed by atoms with Crippen LogP contribution in [0.2, 0.25) is 10.0 Å². The number of nitrogens with one attached hydrogen (secondary N) is 1. The molecule has 7 N–H and O–H groups in total. The van der Waals surface area contributed by atoms with Crippen molar-refractivity contribution < 1.29 is 39.6 Å². The van der Waals surface area contributed by atoms with Crippen molar-refractivity contribution >= 4 is 41.0 Å². The fraction of sp³-hybridized carbons (Fsp3) is 0.375. The van der Waals surface area contributed by atoms with Gasteiger partial charge in [0, 0.05) is 13.0 Å². The highest BCUT2D eigenvalue weighted by Gasteiger charge is 2.80. The number of carbonyl (C=O) groups excluding carboxylic acids is 1. The number of nitrogens with zero attached hydrogens (tertiary/aromatic N) is 1. The third kappa shape index (κ3) is 3.57. The number of hydrogen-bond acceptors (Lipinski definition) is 8. The van der Waals surface area contributed by atoms with Gasteiger partial charge in [-0.25, -0.2) is 4.79 Å². The van der Waals surface area contributed by atoms with E-state index < -0.39 is 53.1 Å². The van der Waals surface area contributed by atoms with Gasteiger partial charge in [0.05, 0.1) is 22.8 Å². The average Bonchev–Trinajstić information content (AvgIpc) is 3.29. The Hall–Kier alpha value is -2.77. The van der Waals surface area contributed by atoms with Crippen molar-refractivity contribution in [2.75, 3.05) is 13.6 Å². The Morgan fingerprint density at radius 2 is 1.81 bits per heavy atom. The number of carbonyl (C=O) groups is 3. The van der Waals surface area contributed by atoms with Crippen molar-refractivity contribution in [1.29, 1.82) is 0 Å². The molecular weight excluding hydrogens is 529 g/mol. The quantitative estimate of drug-likeness (QED) is 0.255. The Labute approximate surface area is 221 Å². The predicted molar refractivity (Wildman–Crippen MR) is 130 cm³/mol. The van der Waals surface area contributed by atoms with E-state index >= 15 is 0 Å². The molecule has 1 saturated heterocycles. The Kier molecular flexibility index (Phi) is 7.01. The molecule has 198 valence electrons. The molecule has 11 nitrogen and oxygen atoms in total. The molecule has 2 aliphatic rings. The monoisotopic (exact) mass is 553 g/mol. The summed E-state index contributed by atoms with van der Waals surface area (Å²) < 4.78 is 6.00. The lowest BCUT2D eigenvalue weighted by molar-refractivity contribution is -0.185. The number of primary amides is 1. The predicted octanol–water partition coefficient (Wildman–Crippen LogP) is 0.790. The zero-order chi connectivity index (χ0) is 27.3. The van der Waals surface area contributed by atoms with Crippen LogP contribution in [-0.4, -0.2) is 80.2 Å². The number of ether oxygens (including phenoxy) is 1. The fourth-order valence-electron chi connectivity index (χ4n) is 6.05. The van der Waals surface area contributed by atoms with Crippen LogP contribution in [0, 0.1) is 0 Å². The first-order valence-corrected chi connectivity index (χ1v) is 11.9. The highest BCUT2D eigenvalue weighted by atomic mass is 35.5. The van der Waals surface area contributed by atoms with E-state index in [1.807, 2.05) is 0 Å². The number of rotatable bonds is 8. The van der Waals surface area contributed by atoms with E-state index in [1.165, 1.54) is 31.3 Å². The van der Waals surface area contributed by atoms with Gasteiger partial charge in [-0.05, 0) is 35.9 Å². The van der Waals surface area contributed by atoms with Crippen LogP contribution in [0.25, 0.3) is 0 Å². The van der Waals surface area contributed by atoms with Gasteiger partial charge in [-0.3, -0.25) is 14.5 Å². The third-order valence-corrected chi connectivity index (χ3v) is 8.31. The molecule has 4 rings (SSSR count). The molecule has 2 aromatic rings. The summed E-state index contributed by atoms with van der Waals surface area (Å²) in [7, 11) is 1.27. The van der Waals surface area contributed by atoms with Gasteiger partial charge < -0.3 is 31.0 Å². The lowest BCUT2D eigenvalue weighted by Crippen LogP contribution is -2.77. The van der Waals surface area contributed by atoms with Crippen LogP contribution in [0.1, 0.15) is 16.7 Å². The fourth-order valence-corrected chi connectivity index (χ4v) is 6.37. The summed E-state index contributed by atoms with van der Waals surface area (Å²) in [4.78, 5) is 40.4. The molecule has 0 aromatic heterocycles. The molecule has 5 atom stereocenters. The van der Waals surface area contributed by atoms with Gasteiger partial charge in [0.1, 0.15) is 11.5 Å². The number of hydrogen-bond donors (Lipinski definition) is 6. The van der Waals surface area contributed by atoms with E-state index in [-0.39, 0.29) is 28.6 Å². The van der Waals surface area contributed by atoms with Gasteiger partial charge in [0.15, 0.2) is 11.1 Å². The van der Waals surface area contributed by atoms with Gasteiger partial charge >= 0.3 is 11.9 Å². The Bertz CT molecular complexity index is 1280. The lowest BCUT2D eigenvalue weighted by atomic mass is 9.59. The van der Waals surface area contributed by atoms with E-state index in [0.717, 1.165) is 4.90 Å². The van der Waals surface area contributed by atoms with Crippen molar-refractivity contribution in [3.05, 3.63) is 69.2 Å². The summed E-state index contributed by atoms with van der Waals surface area (Å²) in [5.41, 5.74) is 1.25. The molecule has 1 fully saturated rings. The number of carboxylic acid groups (broad SMARTS) is 2. The minimum atomic E-state index is -2.59. The number of nitrogens with two attached hydrogens (primary N) is 1. The van der Waals surface area contributed by atoms with Gasteiger partial charge in [0.25, 0.3) is 0 Å². The summed E-state index contributed by atoms with van der Waals surface area (Å²) in [5, 5.41) is 43.0. The molecule has 37 heavy (non-hydrogen) atoms. The summed E-state index contributed by atoms with van der Waals surface area (Å²) >= 11 is 12.1. The van der Waals surface area contributed by atoms with E-state index in [0.29, 0.717) is 11.1 Å². The normalized spacial score (nSPS) is 31.3. The highest BCUT2D eigenvalue weighted by molar-refractivity contribution is 6.42. The van der Waals surface area contributed by atoms with Crippen molar-refractivity contribution in [3.8, 4) is 0 Å². The van der Waals surface area contributed by atoms with Gasteiger partial charge in [-0.2, -0.15) is 5.48 Å². The summed E-state index contributed by atoms with van der Waals surface area (Å²) in [5.74, 6) is -4.52. The summed E-state index contributed by atoms with van der Waals surface area (Å²) in [6.07, 6.45) is -3.73. The van der Waals surface area contributed by atoms with Crippen molar-refractivity contribution in [1.82, 2.24) is 10.4 Å². The van der Waals surface area contributed by atoms with Gasteiger partial charge in [-0.1, -0.05) is 53.5 Å². The molecule has 5 unspecified atom stereocenters. The molecule has 0 spiro atoms. The van der Waals surface area contributed by atoms with Crippen LogP contribution in [0.15, 0.2) is 42.5 Å². The minimum absolute atomic E-state index is 0.117. The van der Waals surface area contributed by atoms with E-state index in [2.05, 4.69) is 0 Å². The molecule has 2 aromatic carbocycles. The van der Waals surface area contributed by atoms with E-state index in [4.69, 9.17) is 33.7 Å². The highest BCUT2D eigenvalue weighted by Crippen LogP contribution is 2.55. The van der Waals surface area contributed by atoms with Crippen LogP contribution in [0.3, 0.4) is 0 Å². The number of carboxylic acids is 2. The van der Waals surface area contributed by atoms with Crippen molar-refractivity contribution in [3.63, 3.8) is 0 Å². The standard InChI is InChI=1S/C24H25Cl2N3O8/c1-29-11-22(28-36,20(32)33)18(37-10-12-6-7-15(25)16(26)8-12)24(29,21(34)35)23(19(27)31)14-5-3-2-4-13(14)9-17(23)30/h2-8,17-18,28,30,36H,9-11H2,1H3,(H2,27,31)(H,32,33)(H,34,35). The number of likely N-dealkylation sites (N-methyl/N-ethyl adjacent to an activating group) is 1. The number of hydroxylamine groups is 1. The molecule has 1 aliphatic heterocycles. The molecule has 0 saturated carbocycles. The Morgan fingerprint density at radius 1 is 1.14 bits per heavy atom. The largest absolute Gasteiger partial charge is 0.480 e. The first kappa shape index (κ1) is 27.3. The number of benzene rings is 2. The maximum atomic E-state index is 13.4. The van der Waals surface area contributed by atoms with Crippen LogP contribution in [0.4, 0.5) is 0 Å². The third-order valence-electron chi connectivity index (χ3n) is 7.57. The molecule has 0 bridgehead atoms. The topological polar surface area (TPSA) is 183 Å². The van der Waals surface area contributed by atoms with Crippen LogP contribution in [-0.2, 0) is 37.6 Å². The number of aliphatic carboxylic acids is 2. The van der Waals surface area contributed by atoms with Crippen molar-refractivity contribution in [2.45, 2.75) is 41.7 Å². The van der Waals surface area contributed by atoms with Gasteiger partial charge in [0.2, 0.25) is 5.91 Å². The van der Waals surface area contributed by atoms with E-state index in [9.17, 15) is 34.9 Å². The Morgan fingerprint density at radius 3 is 2.38 bits per heavy atom. The number of halogens is 2. The lowest BCUT2D eigenvalue weighted by Gasteiger charge is -2.50. The number of amides is 1. The number of fused-ring (bicyclic) bond motifs is 1. The number of aliphatic hydroxyl groups excluding tert-OH is 1. The summed E-state index contributed by atoms with van der Waals surface area (Å²) in [6.45, 7) is -1.01. The summed E-state index contributed by atoms with van der Waals surface area (Å²) in [6, 6.07) is 10.8. The van der Waals surface area contributed by atoms with Gasteiger partial charge in [-0.15, -0.1) is 0 Å². The molecule has 13 heteroatoms. The van der Waals surface area contributed by atoms with Crippen LogP contribution >= 0.6 is 23.2 Å². The van der Waals surface area contributed by atoms with Crippen LogP contribution < -0.4 is 11.2 Å². The molecule has 1 amide bonds. The first-order chi connectivity index (χ1) is 17.4. The van der Waals surface area contributed by atoms with E-state index in [1.54, 1.807) is 23.7 Å². The molecule has 0 radical (unpaired) electrons. The number of likely N-dealkylation sites (tertiary alicyclic amines) is 1. The second kappa shape index (κ2) is 9.52. The minimum Gasteiger partial charge on any atom is -0.480 e. The second-order valence-electron chi connectivity index (χ2n) is 9.30. The zero-order valence-corrected chi connectivity index (χ0v) is 21.0. The molecular formula is C24H25Cl2N3O8. The van der Waals surface area contributed by atoms with Crippen LogP contribution in [0.5, 0.6) is 0 Å². The zero-order valence-electron chi connectivity index (χ0n) is 19.5. The maximum absolute atomic E-state index is 13.4. The maximum Gasteiger partial charge on any atom is 0.330 e. The smallest absolute Gasteiger partial charge is 0.330 e. The average molecular weight is 554 g/mol. The Balaban J connectivity index is 2.00. The second-order valence-corrected chi connectivity index (χ2v) is 10.1.